The van der Waals surface area contributed by atoms with Gasteiger partial charge in [0.1, 0.15) is 0 Å². The Bertz CT molecular complexity index is 434. The van der Waals surface area contributed by atoms with Crippen molar-refractivity contribution in [1.82, 2.24) is 9.97 Å². The standard InChI is InChI=1S/C10H16ClN2O4P/c1-4-16-18(14,17-5-2)7-8-9(15-3)6-12-10(11)13-8/h6H,4-5,7H2,1-3H3. The molecule has 0 amide bonds. The third-order valence-electron chi connectivity index (χ3n) is 2.01. The summed E-state index contributed by atoms with van der Waals surface area (Å²) in [7, 11) is -1.76. The maximum absolute atomic E-state index is 12.4. The minimum Gasteiger partial charge on any atom is -0.493 e. The van der Waals surface area contributed by atoms with E-state index in [0.717, 1.165) is 0 Å². The molecule has 0 fully saturated rings. The highest BCUT2D eigenvalue weighted by Crippen LogP contribution is 2.52. The smallest absolute Gasteiger partial charge is 0.336 e. The molecule has 0 spiro atoms. The highest BCUT2D eigenvalue weighted by Gasteiger charge is 2.27. The summed E-state index contributed by atoms with van der Waals surface area (Å²) >= 11 is 5.71. The molecule has 0 atom stereocenters. The second-order valence-corrected chi connectivity index (χ2v) is 5.65. The van der Waals surface area contributed by atoms with Crippen LogP contribution in [0.3, 0.4) is 0 Å². The maximum atomic E-state index is 12.4. The third-order valence-corrected chi connectivity index (χ3v) is 4.19. The summed E-state index contributed by atoms with van der Waals surface area (Å²) in [6.07, 6.45) is 1.42. The van der Waals surface area contributed by atoms with Crippen LogP contribution in [-0.2, 0) is 19.8 Å². The molecule has 8 heteroatoms. The molecule has 0 aliphatic heterocycles. The maximum Gasteiger partial charge on any atom is 0.336 e. The van der Waals surface area contributed by atoms with Gasteiger partial charge >= 0.3 is 7.60 Å². The van der Waals surface area contributed by atoms with Gasteiger partial charge in [-0.1, -0.05) is 0 Å². The first-order valence-corrected chi connectivity index (χ1v) is 7.58. The Hall–Kier alpha value is -0.680. The van der Waals surface area contributed by atoms with Crippen molar-refractivity contribution in [3.05, 3.63) is 17.2 Å². The molecule has 0 bridgehead atoms. The molecular weight excluding hydrogens is 279 g/mol. The molecule has 1 rings (SSSR count). The Morgan fingerprint density at radius 3 is 2.44 bits per heavy atom. The van der Waals surface area contributed by atoms with Gasteiger partial charge in [-0.15, -0.1) is 0 Å². The highest BCUT2D eigenvalue weighted by atomic mass is 35.5. The van der Waals surface area contributed by atoms with Crippen LogP contribution in [0.1, 0.15) is 19.5 Å². The number of aromatic nitrogens is 2. The highest BCUT2D eigenvalue weighted by molar-refractivity contribution is 7.53. The molecule has 0 aromatic carbocycles. The van der Waals surface area contributed by atoms with Gasteiger partial charge in [0.25, 0.3) is 0 Å². The zero-order valence-corrected chi connectivity index (χ0v) is 12.2. The number of rotatable bonds is 7. The van der Waals surface area contributed by atoms with E-state index in [1.54, 1.807) is 13.8 Å². The van der Waals surface area contributed by atoms with Gasteiger partial charge < -0.3 is 13.8 Å². The lowest BCUT2D eigenvalue weighted by atomic mass is 10.4. The van der Waals surface area contributed by atoms with Crippen molar-refractivity contribution in [2.24, 2.45) is 0 Å². The van der Waals surface area contributed by atoms with Crippen molar-refractivity contribution >= 4 is 19.2 Å². The van der Waals surface area contributed by atoms with Crippen LogP contribution in [-0.4, -0.2) is 30.3 Å². The Labute approximate surface area is 111 Å². The summed E-state index contributed by atoms with van der Waals surface area (Å²) in [5.74, 6) is 0.402. The van der Waals surface area contributed by atoms with Crippen LogP contribution < -0.4 is 4.74 Å². The van der Waals surface area contributed by atoms with Crippen LogP contribution >= 0.6 is 19.2 Å². The van der Waals surface area contributed by atoms with Crippen molar-refractivity contribution < 1.29 is 18.3 Å². The van der Waals surface area contributed by atoms with Gasteiger partial charge in [0, 0.05) is 0 Å². The minimum absolute atomic E-state index is 0.0000926. The minimum atomic E-state index is -3.23. The fourth-order valence-electron chi connectivity index (χ4n) is 1.37. The Balaban J connectivity index is 2.99. The van der Waals surface area contributed by atoms with Gasteiger partial charge in [0.05, 0.1) is 38.4 Å². The topological polar surface area (TPSA) is 70.5 Å². The van der Waals surface area contributed by atoms with E-state index in [1.165, 1.54) is 13.3 Å². The lowest BCUT2D eigenvalue weighted by molar-refractivity contribution is 0.218. The molecule has 0 unspecified atom stereocenters. The second-order valence-electron chi connectivity index (χ2n) is 3.26. The summed E-state index contributed by atoms with van der Waals surface area (Å²) in [6, 6.07) is 0. The molecular formula is C10H16ClN2O4P. The van der Waals surface area contributed by atoms with E-state index in [0.29, 0.717) is 24.7 Å². The number of hydrogen-bond acceptors (Lipinski definition) is 6. The summed E-state index contributed by atoms with van der Waals surface area (Å²) in [6.45, 7) is 4.07. The first-order valence-electron chi connectivity index (χ1n) is 5.48. The molecule has 0 aliphatic carbocycles. The number of hydrogen-bond donors (Lipinski definition) is 0. The van der Waals surface area contributed by atoms with Crippen LogP contribution in [0.4, 0.5) is 0 Å². The summed E-state index contributed by atoms with van der Waals surface area (Å²) in [5, 5.41) is 0.0605. The van der Waals surface area contributed by atoms with Gasteiger partial charge in [0.15, 0.2) is 5.75 Å². The molecule has 0 radical (unpaired) electrons. The SMILES string of the molecule is CCOP(=O)(Cc1nc(Cl)ncc1OC)OCC. The Kier molecular flexibility index (Phi) is 6.02. The second kappa shape index (κ2) is 7.04. The van der Waals surface area contributed by atoms with E-state index in [-0.39, 0.29) is 11.4 Å². The average molecular weight is 295 g/mol. The largest absolute Gasteiger partial charge is 0.493 e. The lowest BCUT2D eigenvalue weighted by Gasteiger charge is -2.17. The van der Waals surface area contributed by atoms with Crippen LogP contribution in [0, 0.1) is 0 Å². The zero-order valence-electron chi connectivity index (χ0n) is 10.6. The van der Waals surface area contributed by atoms with E-state index < -0.39 is 7.60 Å². The van der Waals surface area contributed by atoms with Crippen molar-refractivity contribution in [3.63, 3.8) is 0 Å². The van der Waals surface area contributed by atoms with Crippen molar-refractivity contribution in [1.29, 1.82) is 0 Å². The molecule has 1 aromatic rings. The third kappa shape index (κ3) is 4.21. The fraction of sp³-hybridized carbons (Fsp3) is 0.600. The zero-order chi connectivity index (χ0) is 13.6. The molecule has 0 N–H and O–H groups in total. The van der Waals surface area contributed by atoms with E-state index in [1.807, 2.05) is 0 Å². The van der Waals surface area contributed by atoms with E-state index in [4.69, 9.17) is 25.4 Å². The van der Waals surface area contributed by atoms with Crippen LogP contribution in [0.15, 0.2) is 6.20 Å². The fourth-order valence-corrected chi connectivity index (χ4v) is 3.16. The van der Waals surface area contributed by atoms with Crippen molar-refractivity contribution in [3.8, 4) is 5.75 Å². The Morgan fingerprint density at radius 2 is 1.94 bits per heavy atom. The molecule has 102 valence electrons. The number of methoxy groups -OCH3 is 1. The molecule has 1 aromatic heterocycles. The summed E-state index contributed by atoms with van der Waals surface area (Å²) in [4.78, 5) is 7.78. The van der Waals surface area contributed by atoms with Gasteiger partial charge in [-0.2, -0.15) is 0 Å². The monoisotopic (exact) mass is 294 g/mol. The number of halogens is 1. The summed E-state index contributed by atoms with van der Waals surface area (Å²) < 4.78 is 27.8. The Morgan fingerprint density at radius 1 is 1.33 bits per heavy atom. The first kappa shape index (κ1) is 15.4. The van der Waals surface area contributed by atoms with Crippen LogP contribution in [0.25, 0.3) is 0 Å². The molecule has 0 saturated carbocycles. The number of nitrogens with zero attached hydrogens (tertiary/aromatic N) is 2. The average Bonchev–Trinajstić information content (AvgIpc) is 2.29. The van der Waals surface area contributed by atoms with Gasteiger partial charge in [-0.3, -0.25) is 4.57 Å². The summed E-state index contributed by atoms with van der Waals surface area (Å²) in [5.41, 5.74) is 0.405. The lowest BCUT2D eigenvalue weighted by Crippen LogP contribution is -2.03. The molecule has 1 heterocycles. The van der Waals surface area contributed by atoms with E-state index >= 15 is 0 Å². The normalized spacial score (nSPS) is 11.6. The van der Waals surface area contributed by atoms with Crippen LogP contribution in [0.5, 0.6) is 5.75 Å². The molecule has 6 nitrogen and oxygen atoms in total. The first-order chi connectivity index (χ1) is 8.54. The van der Waals surface area contributed by atoms with E-state index in [2.05, 4.69) is 9.97 Å². The predicted molar refractivity (Wildman–Crippen MR) is 68.2 cm³/mol. The van der Waals surface area contributed by atoms with Gasteiger partial charge in [-0.25, -0.2) is 9.97 Å². The molecule has 0 saturated heterocycles. The molecule has 0 aliphatic rings. The van der Waals surface area contributed by atoms with Gasteiger partial charge in [0.2, 0.25) is 5.28 Å². The van der Waals surface area contributed by atoms with Crippen molar-refractivity contribution in [2.45, 2.75) is 20.0 Å². The van der Waals surface area contributed by atoms with Crippen LogP contribution in [0.2, 0.25) is 5.28 Å². The van der Waals surface area contributed by atoms with Crippen molar-refractivity contribution in [2.75, 3.05) is 20.3 Å². The quantitative estimate of drug-likeness (QED) is 0.569. The number of ether oxygens (including phenoxy) is 1. The predicted octanol–water partition coefficient (Wildman–Crippen LogP) is 2.90. The van der Waals surface area contributed by atoms with Gasteiger partial charge in [-0.05, 0) is 25.4 Å². The molecule has 18 heavy (non-hydrogen) atoms. The van der Waals surface area contributed by atoms with E-state index in [9.17, 15) is 4.57 Å².